The average molecular weight is 651 g/mol. The summed E-state index contributed by atoms with van der Waals surface area (Å²) in [6.45, 7) is 3.49. The number of nitrogens with zero attached hydrogens (tertiary/aromatic N) is 6. The molecule has 3 N–H and O–H groups in total. The van der Waals surface area contributed by atoms with Crippen LogP contribution in [0.3, 0.4) is 0 Å². The predicted molar refractivity (Wildman–Crippen MR) is 177 cm³/mol. The number of para-hydroxylation sites is 2. The number of aromatic nitrogens is 2. The smallest absolute Gasteiger partial charge is 0.259 e. The van der Waals surface area contributed by atoms with Gasteiger partial charge in [-0.05, 0) is 55.8 Å². The van der Waals surface area contributed by atoms with Crippen LogP contribution in [0.15, 0.2) is 93.8 Å². The number of amides is 2. The van der Waals surface area contributed by atoms with E-state index in [1.165, 1.54) is 44.8 Å². The highest BCUT2D eigenvalue weighted by molar-refractivity contribution is 7.14. The number of hydrazone groups is 2. The summed E-state index contributed by atoms with van der Waals surface area (Å²) in [7, 11) is 0. The second-order valence-electron chi connectivity index (χ2n) is 10.9. The minimum atomic E-state index is -0.839. The molecule has 0 saturated carbocycles. The number of carbonyl (C=O) groups is 2. The molecule has 230 valence electrons. The van der Waals surface area contributed by atoms with E-state index in [9.17, 15) is 24.9 Å². The molecule has 2 amide bonds. The van der Waals surface area contributed by atoms with Crippen molar-refractivity contribution < 1.29 is 24.9 Å². The molecule has 0 aliphatic carbocycles. The van der Waals surface area contributed by atoms with E-state index in [2.05, 4.69) is 20.2 Å². The summed E-state index contributed by atoms with van der Waals surface area (Å²) in [5, 5.41) is 46.5. The first-order valence-electron chi connectivity index (χ1n) is 14.3. The molecule has 3 aromatic carbocycles. The molecule has 2 atom stereocenters. The third-order valence-corrected chi connectivity index (χ3v) is 9.70. The molecular weight excluding hydrogens is 625 g/mol. The highest BCUT2D eigenvalue weighted by atomic mass is 32.1. The Hall–Kier alpha value is -5.40. The normalized spacial score (nSPS) is 18.7. The molecule has 0 bridgehead atoms. The van der Waals surface area contributed by atoms with Crippen LogP contribution >= 0.6 is 22.7 Å². The number of phenols is 3. The maximum absolute atomic E-state index is 14.2. The largest absolute Gasteiger partial charge is 0.508 e. The van der Waals surface area contributed by atoms with Gasteiger partial charge in [-0.1, -0.05) is 36.4 Å². The molecular formula is C33H26N6O5S2. The molecule has 2 aliphatic heterocycles. The number of phenolic OH excluding ortho intramolecular Hbond substituents is 3. The van der Waals surface area contributed by atoms with Crippen molar-refractivity contribution in [3.05, 3.63) is 89.1 Å². The molecule has 0 fully saturated rings. The zero-order chi connectivity index (χ0) is 32.1. The second kappa shape index (κ2) is 11.5. The van der Waals surface area contributed by atoms with Crippen LogP contribution in [-0.4, -0.2) is 48.5 Å². The summed E-state index contributed by atoms with van der Waals surface area (Å²) in [6.07, 6.45) is 0. The van der Waals surface area contributed by atoms with Crippen LogP contribution in [0.5, 0.6) is 17.2 Å². The van der Waals surface area contributed by atoms with Crippen molar-refractivity contribution in [1.29, 1.82) is 0 Å². The summed E-state index contributed by atoms with van der Waals surface area (Å²) < 4.78 is 0. The molecule has 2 unspecified atom stereocenters. The Morgan fingerprint density at radius 2 is 1.09 bits per heavy atom. The second-order valence-corrected chi connectivity index (χ2v) is 12.6. The van der Waals surface area contributed by atoms with Gasteiger partial charge < -0.3 is 15.3 Å². The van der Waals surface area contributed by atoms with Crippen molar-refractivity contribution in [2.24, 2.45) is 22.0 Å². The quantitative estimate of drug-likeness (QED) is 0.189. The molecule has 5 aromatic rings. The third-order valence-electron chi connectivity index (χ3n) is 8.07. The lowest BCUT2D eigenvalue weighted by atomic mass is 9.73. The first-order valence-corrected chi connectivity index (χ1v) is 16.0. The van der Waals surface area contributed by atoms with Crippen molar-refractivity contribution in [2.75, 3.05) is 10.0 Å². The van der Waals surface area contributed by atoms with Crippen LogP contribution in [0.4, 0.5) is 10.3 Å². The number of hydrogen-bond donors (Lipinski definition) is 3. The Kier molecular flexibility index (Phi) is 7.34. The van der Waals surface area contributed by atoms with Gasteiger partial charge in [-0.3, -0.25) is 9.59 Å². The lowest BCUT2D eigenvalue weighted by Gasteiger charge is -2.28. The van der Waals surface area contributed by atoms with Crippen LogP contribution < -0.4 is 10.0 Å². The summed E-state index contributed by atoms with van der Waals surface area (Å²) in [4.78, 5) is 37.6. The average Bonchev–Trinajstić information content (AvgIpc) is 3.83. The van der Waals surface area contributed by atoms with Gasteiger partial charge in [0.25, 0.3) is 11.8 Å². The minimum absolute atomic E-state index is 0.0518. The molecule has 2 aromatic heterocycles. The zero-order valence-electron chi connectivity index (χ0n) is 24.5. The lowest BCUT2D eigenvalue weighted by molar-refractivity contribution is -0.122. The fourth-order valence-electron chi connectivity index (χ4n) is 5.89. The van der Waals surface area contributed by atoms with Crippen LogP contribution in [0.2, 0.25) is 0 Å². The van der Waals surface area contributed by atoms with E-state index in [1.807, 2.05) is 0 Å². The SMILES string of the molecule is CC1=NN(c2nc(-c3ccccc3O)cs2)C(=O)C1C(c1ccc(O)cc1)C1C(=O)N(c2nc(-c3ccccc3O)cs2)N=C1C. The van der Waals surface area contributed by atoms with Crippen LogP contribution in [0.25, 0.3) is 22.5 Å². The first-order chi connectivity index (χ1) is 22.2. The van der Waals surface area contributed by atoms with Gasteiger partial charge in [0, 0.05) is 39.2 Å². The van der Waals surface area contributed by atoms with E-state index in [4.69, 9.17) is 0 Å². The van der Waals surface area contributed by atoms with E-state index >= 15 is 0 Å². The minimum Gasteiger partial charge on any atom is -0.508 e. The summed E-state index contributed by atoms with van der Waals surface area (Å²) in [6, 6.07) is 20.1. The monoisotopic (exact) mass is 650 g/mol. The van der Waals surface area contributed by atoms with E-state index in [1.54, 1.807) is 85.3 Å². The molecule has 0 saturated heterocycles. The predicted octanol–water partition coefficient (Wildman–Crippen LogP) is 6.21. The number of rotatable bonds is 7. The Balaban J connectivity index is 1.22. The van der Waals surface area contributed by atoms with Crippen LogP contribution in [0, 0.1) is 11.8 Å². The van der Waals surface area contributed by atoms with E-state index in [0.29, 0.717) is 49.8 Å². The Morgan fingerprint density at radius 1 is 0.652 bits per heavy atom. The van der Waals surface area contributed by atoms with E-state index < -0.39 is 17.8 Å². The highest BCUT2D eigenvalue weighted by Crippen LogP contribution is 2.44. The number of anilines is 2. The fraction of sp³-hybridized carbons (Fsp3) is 0.152. The topological polar surface area (TPSA) is 152 Å². The number of aromatic hydroxyl groups is 3. The zero-order valence-corrected chi connectivity index (χ0v) is 26.1. The standard InChI is InChI=1S/C33H26N6O5S2/c1-17-27(30(43)38(36-17)32-34-23(15-45-32)21-7-3-5-9-25(21)41)29(19-11-13-20(40)14-12-19)28-18(2)37-39(31(28)44)33-35-24(16-46-33)22-8-4-6-10-26(22)42/h3-16,27-29,40-42H,1-2H3. The van der Waals surface area contributed by atoms with Gasteiger partial charge in [-0.2, -0.15) is 20.2 Å². The van der Waals surface area contributed by atoms with Gasteiger partial charge >= 0.3 is 0 Å². The molecule has 4 heterocycles. The molecule has 2 aliphatic rings. The summed E-state index contributed by atoms with van der Waals surface area (Å²) >= 11 is 2.44. The number of benzene rings is 3. The Labute approximate surface area is 271 Å². The van der Waals surface area contributed by atoms with Gasteiger partial charge in [0.1, 0.15) is 17.2 Å². The summed E-state index contributed by atoms with van der Waals surface area (Å²) in [5.41, 5.74) is 3.74. The van der Waals surface area contributed by atoms with Gasteiger partial charge in [-0.25, -0.2) is 9.97 Å². The third kappa shape index (κ3) is 4.99. The molecule has 0 radical (unpaired) electrons. The molecule has 13 heteroatoms. The van der Waals surface area contributed by atoms with Crippen LogP contribution in [-0.2, 0) is 9.59 Å². The number of carbonyl (C=O) groups excluding carboxylic acids is 2. The summed E-state index contributed by atoms with van der Waals surface area (Å²) in [5.74, 6) is -2.90. The Bertz CT molecular complexity index is 1930. The molecule has 46 heavy (non-hydrogen) atoms. The fourth-order valence-corrected chi connectivity index (χ4v) is 7.44. The molecule has 0 spiro atoms. The van der Waals surface area contributed by atoms with E-state index in [-0.39, 0.29) is 29.1 Å². The van der Waals surface area contributed by atoms with Gasteiger partial charge in [0.05, 0.1) is 23.2 Å². The van der Waals surface area contributed by atoms with Gasteiger partial charge in [0.15, 0.2) is 0 Å². The van der Waals surface area contributed by atoms with Crippen molar-refractivity contribution in [2.45, 2.75) is 19.8 Å². The van der Waals surface area contributed by atoms with Crippen molar-refractivity contribution in [1.82, 2.24) is 9.97 Å². The van der Waals surface area contributed by atoms with Crippen LogP contribution in [0.1, 0.15) is 25.3 Å². The lowest BCUT2D eigenvalue weighted by Crippen LogP contribution is -2.40. The first kappa shape index (κ1) is 29.3. The maximum Gasteiger partial charge on any atom is 0.259 e. The van der Waals surface area contributed by atoms with Gasteiger partial charge in [-0.15, -0.1) is 22.7 Å². The van der Waals surface area contributed by atoms with Gasteiger partial charge in [0.2, 0.25) is 10.3 Å². The molecule has 7 rings (SSSR count). The van der Waals surface area contributed by atoms with Crippen molar-refractivity contribution in [3.8, 4) is 39.8 Å². The van der Waals surface area contributed by atoms with Crippen molar-refractivity contribution >= 4 is 56.2 Å². The maximum atomic E-state index is 14.2. The Morgan fingerprint density at radius 3 is 1.52 bits per heavy atom. The highest BCUT2D eigenvalue weighted by Gasteiger charge is 2.51. The number of hydrogen-bond acceptors (Lipinski definition) is 11. The van der Waals surface area contributed by atoms with E-state index in [0.717, 1.165) is 0 Å². The number of thiazole rings is 2. The molecule has 11 nitrogen and oxygen atoms in total. The van der Waals surface area contributed by atoms with Crippen molar-refractivity contribution in [3.63, 3.8) is 0 Å².